The summed E-state index contributed by atoms with van der Waals surface area (Å²) in [7, 11) is 0. The predicted molar refractivity (Wildman–Crippen MR) is 95.5 cm³/mol. The van der Waals surface area contributed by atoms with Gasteiger partial charge in [-0.05, 0) is 49.8 Å². The molecule has 0 radical (unpaired) electrons. The molecule has 0 aliphatic carbocycles. The Morgan fingerprint density at radius 2 is 2.17 bits per heavy atom. The summed E-state index contributed by atoms with van der Waals surface area (Å²) in [5, 5.41) is 7.34. The van der Waals surface area contributed by atoms with E-state index in [-0.39, 0.29) is 17.8 Å². The quantitative estimate of drug-likeness (QED) is 0.585. The van der Waals surface area contributed by atoms with Gasteiger partial charge in [0.15, 0.2) is 8.29 Å². The summed E-state index contributed by atoms with van der Waals surface area (Å²) in [6, 6.07) is 6.16. The van der Waals surface area contributed by atoms with Crippen molar-refractivity contribution in [3.05, 3.63) is 34.0 Å². The molecular formula is C15H18FN3OS3. The Labute approximate surface area is 148 Å². The SMILES string of the molecule is CCC[C@@H](C)NC(=O)CSc1nn(-c2ccc(F)cc2)c(=S)s1. The first-order valence-electron chi connectivity index (χ1n) is 7.28. The van der Waals surface area contributed by atoms with E-state index >= 15 is 0 Å². The van der Waals surface area contributed by atoms with E-state index in [0.29, 0.717) is 15.4 Å². The lowest BCUT2D eigenvalue weighted by Gasteiger charge is -2.11. The normalized spacial score (nSPS) is 12.1. The standard InChI is InChI=1S/C15H18FN3OS3/c1-3-4-10(2)17-13(20)9-22-14-18-19(15(21)23-14)12-7-5-11(16)6-8-12/h5-8,10H,3-4,9H2,1-2H3,(H,17,20)/t10-/m1/s1. The summed E-state index contributed by atoms with van der Waals surface area (Å²) >= 11 is 7.98. The molecule has 0 spiro atoms. The first kappa shape index (κ1) is 18.1. The summed E-state index contributed by atoms with van der Waals surface area (Å²) in [6.45, 7) is 4.09. The van der Waals surface area contributed by atoms with Crippen LogP contribution in [-0.2, 0) is 4.79 Å². The van der Waals surface area contributed by atoms with Crippen molar-refractivity contribution in [1.29, 1.82) is 0 Å². The van der Waals surface area contributed by atoms with Crippen molar-refractivity contribution in [2.75, 3.05) is 5.75 Å². The fraction of sp³-hybridized carbons (Fsp3) is 0.400. The molecule has 0 bridgehead atoms. The Balaban J connectivity index is 1.97. The van der Waals surface area contributed by atoms with E-state index in [9.17, 15) is 9.18 Å². The Morgan fingerprint density at radius 3 is 2.83 bits per heavy atom. The van der Waals surface area contributed by atoms with Crippen LogP contribution in [0.2, 0.25) is 0 Å². The highest BCUT2D eigenvalue weighted by molar-refractivity contribution is 8.01. The molecule has 2 rings (SSSR count). The highest BCUT2D eigenvalue weighted by atomic mass is 32.2. The van der Waals surface area contributed by atoms with Crippen LogP contribution in [0.1, 0.15) is 26.7 Å². The second kappa shape index (κ2) is 8.56. The van der Waals surface area contributed by atoms with Crippen LogP contribution in [0.3, 0.4) is 0 Å². The van der Waals surface area contributed by atoms with Crippen molar-refractivity contribution < 1.29 is 9.18 Å². The summed E-state index contributed by atoms with van der Waals surface area (Å²) in [4.78, 5) is 11.9. The topological polar surface area (TPSA) is 46.9 Å². The monoisotopic (exact) mass is 371 g/mol. The number of thioether (sulfide) groups is 1. The Kier molecular flexibility index (Phi) is 6.73. The number of carbonyl (C=O) groups excluding carboxylic acids is 1. The minimum atomic E-state index is -0.303. The number of aromatic nitrogens is 2. The maximum absolute atomic E-state index is 13.0. The molecule has 1 heterocycles. The van der Waals surface area contributed by atoms with Gasteiger partial charge in [0.2, 0.25) is 5.91 Å². The lowest BCUT2D eigenvalue weighted by atomic mass is 10.2. The molecule has 0 unspecified atom stereocenters. The molecular weight excluding hydrogens is 353 g/mol. The highest BCUT2D eigenvalue weighted by Gasteiger charge is 2.11. The van der Waals surface area contributed by atoms with Gasteiger partial charge in [-0.2, -0.15) is 0 Å². The van der Waals surface area contributed by atoms with Crippen molar-refractivity contribution in [3.8, 4) is 5.69 Å². The zero-order valence-electron chi connectivity index (χ0n) is 12.9. The number of benzene rings is 1. The van der Waals surface area contributed by atoms with Gasteiger partial charge in [-0.1, -0.05) is 36.4 Å². The van der Waals surface area contributed by atoms with Gasteiger partial charge in [0.05, 0.1) is 11.4 Å². The van der Waals surface area contributed by atoms with Crippen LogP contribution in [0, 0.1) is 9.77 Å². The fourth-order valence-corrected chi connectivity index (χ4v) is 4.19. The molecule has 0 aliphatic heterocycles. The van der Waals surface area contributed by atoms with Crippen LogP contribution >= 0.6 is 35.3 Å². The van der Waals surface area contributed by atoms with E-state index in [4.69, 9.17) is 12.2 Å². The van der Waals surface area contributed by atoms with Crippen molar-refractivity contribution in [2.45, 2.75) is 37.1 Å². The minimum Gasteiger partial charge on any atom is -0.353 e. The number of hydrogen-bond acceptors (Lipinski definition) is 5. The molecule has 8 heteroatoms. The molecule has 1 atom stereocenters. The molecule has 1 amide bonds. The van der Waals surface area contributed by atoms with Crippen LogP contribution in [0.5, 0.6) is 0 Å². The first-order chi connectivity index (χ1) is 11.0. The van der Waals surface area contributed by atoms with Gasteiger partial charge in [0.1, 0.15) is 5.82 Å². The molecule has 23 heavy (non-hydrogen) atoms. The van der Waals surface area contributed by atoms with Crippen LogP contribution in [-0.4, -0.2) is 27.5 Å². The molecule has 0 saturated carbocycles. The van der Waals surface area contributed by atoms with E-state index in [1.807, 2.05) is 6.92 Å². The van der Waals surface area contributed by atoms with Gasteiger partial charge < -0.3 is 5.32 Å². The van der Waals surface area contributed by atoms with Crippen LogP contribution in [0.4, 0.5) is 4.39 Å². The van der Waals surface area contributed by atoms with Crippen molar-refractivity contribution in [3.63, 3.8) is 0 Å². The summed E-state index contributed by atoms with van der Waals surface area (Å²) < 4.78 is 15.8. The number of amides is 1. The lowest BCUT2D eigenvalue weighted by Crippen LogP contribution is -2.33. The second-order valence-corrected chi connectivity index (χ2v) is 7.91. The average molecular weight is 372 g/mol. The molecule has 1 aromatic carbocycles. The number of nitrogens with one attached hydrogen (secondary N) is 1. The molecule has 0 aliphatic rings. The van der Waals surface area contributed by atoms with Gasteiger partial charge in [-0.3, -0.25) is 4.79 Å². The third-order valence-electron chi connectivity index (χ3n) is 3.06. The number of rotatable bonds is 7. The third-order valence-corrected chi connectivity index (χ3v) is 5.42. The molecule has 1 aromatic heterocycles. The van der Waals surface area contributed by atoms with Gasteiger partial charge in [-0.25, -0.2) is 9.07 Å². The molecule has 1 N–H and O–H groups in total. The number of nitrogens with zero attached hydrogens (tertiary/aromatic N) is 2. The number of carbonyl (C=O) groups is 1. The van der Waals surface area contributed by atoms with E-state index < -0.39 is 0 Å². The molecule has 2 aromatic rings. The predicted octanol–water partition coefficient (Wildman–Crippen LogP) is 4.20. The van der Waals surface area contributed by atoms with Crippen LogP contribution in [0.15, 0.2) is 28.6 Å². The number of halogens is 1. The average Bonchev–Trinajstić information content (AvgIpc) is 2.87. The summed E-state index contributed by atoms with van der Waals surface area (Å²) in [6.07, 6.45) is 2.01. The van der Waals surface area contributed by atoms with Crippen LogP contribution in [0.25, 0.3) is 5.69 Å². The van der Waals surface area contributed by atoms with Crippen molar-refractivity contribution in [1.82, 2.24) is 15.1 Å². The Bertz CT molecular complexity index is 712. The maximum atomic E-state index is 13.0. The minimum absolute atomic E-state index is 0.00889. The largest absolute Gasteiger partial charge is 0.353 e. The van der Waals surface area contributed by atoms with Crippen molar-refractivity contribution >= 4 is 41.2 Å². The van der Waals surface area contributed by atoms with E-state index in [2.05, 4.69) is 17.3 Å². The molecule has 4 nitrogen and oxygen atoms in total. The van der Waals surface area contributed by atoms with E-state index in [1.165, 1.54) is 35.2 Å². The Morgan fingerprint density at radius 1 is 1.48 bits per heavy atom. The lowest BCUT2D eigenvalue weighted by molar-refractivity contribution is -0.119. The molecule has 124 valence electrons. The second-order valence-electron chi connectivity index (χ2n) is 5.07. The molecule has 0 fully saturated rings. The zero-order chi connectivity index (χ0) is 16.8. The van der Waals surface area contributed by atoms with E-state index in [0.717, 1.165) is 17.2 Å². The van der Waals surface area contributed by atoms with Gasteiger partial charge in [-0.15, -0.1) is 5.10 Å². The smallest absolute Gasteiger partial charge is 0.230 e. The van der Waals surface area contributed by atoms with E-state index in [1.54, 1.807) is 16.8 Å². The van der Waals surface area contributed by atoms with Crippen molar-refractivity contribution in [2.24, 2.45) is 0 Å². The maximum Gasteiger partial charge on any atom is 0.230 e. The first-order valence-corrected chi connectivity index (χ1v) is 9.49. The third kappa shape index (κ3) is 5.40. The number of hydrogen-bond donors (Lipinski definition) is 1. The Hall–Kier alpha value is -1.25. The van der Waals surface area contributed by atoms with Gasteiger partial charge in [0.25, 0.3) is 0 Å². The molecule has 0 saturated heterocycles. The highest BCUT2D eigenvalue weighted by Crippen LogP contribution is 2.24. The summed E-state index contributed by atoms with van der Waals surface area (Å²) in [5.41, 5.74) is 0.709. The van der Waals surface area contributed by atoms with Gasteiger partial charge >= 0.3 is 0 Å². The van der Waals surface area contributed by atoms with Gasteiger partial charge in [0, 0.05) is 6.04 Å². The summed E-state index contributed by atoms with van der Waals surface area (Å²) in [5.74, 6) is -0.00638. The zero-order valence-corrected chi connectivity index (χ0v) is 15.4. The van der Waals surface area contributed by atoms with Crippen LogP contribution < -0.4 is 5.32 Å². The fourth-order valence-electron chi connectivity index (χ4n) is 2.01.